The van der Waals surface area contributed by atoms with Crippen LogP contribution in [0.2, 0.25) is 0 Å². The van der Waals surface area contributed by atoms with E-state index >= 15 is 0 Å². The van der Waals surface area contributed by atoms with E-state index in [4.69, 9.17) is 9.47 Å². The summed E-state index contributed by atoms with van der Waals surface area (Å²) < 4.78 is 10.7. The van der Waals surface area contributed by atoms with Crippen LogP contribution in [0.5, 0.6) is 11.5 Å². The van der Waals surface area contributed by atoms with Crippen molar-refractivity contribution in [3.8, 4) is 11.5 Å². The third-order valence-electron chi connectivity index (χ3n) is 4.28. The minimum absolute atomic E-state index is 0.0382. The largest absolute Gasteiger partial charge is 0.493 e. The molecule has 2 rings (SSSR count). The maximum atomic E-state index is 12.0. The van der Waals surface area contributed by atoms with Gasteiger partial charge in [-0.2, -0.15) is 0 Å². The zero-order valence-corrected chi connectivity index (χ0v) is 13.6. The van der Waals surface area contributed by atoms with E-state index in [2.05, 4.69) is 5.32 Å². The molecule has 0 bridgehead atoms. The standard InChI is InChI=1S/C17H23NO5/c1-3-23-13-6-5-12(9-14(13)22-2)11-18-15(19)10-17(16(20)21)7-4-8-17/h5-6,9H,3-4,7-8,10-11H2,1-2H3,(H,18,19)(H,20,21). The van der Waals surface area contributed by atoms with Crippen molar-refractivity contribution in [2.24, 2.45) is 5.41 Å². The molecule has 1 aliphatic carbocycles. The number of carboxylic acid groups (broad SMARTS) is 1. The van der Waals surface area contributed by atoms with Crippen LogP contribution in [0.3, 0.4) is 0 Å². The molecule has 0 aliphatic heterocycles. The molecule has 2 N–H and O–H groups in total. The van der Waals surface area contributed by atoms with E-state index in [0.717, 1.165) is 12.0 Å². The molecule has 0 heterocycles. The zero-order chi connectivity index (χ0) is 16.9. The van der Waals surface area contributed by atoms with Crippen molar-refractivity contribution in [3.05, 3.63) is 23.8 Å². The number of nitrogens with one attached hydrogen (secondary N) is 1. The average Bonchev–Trinajstić information content (AvgIpc) is 2.49. The number of aliphatic carboxylic acids is 1. The van der Waals surface area contributed by atoms with Gasteiger partial charge in [0.1, 0.15) is 0 Å². The number of amides is 1. The van der Waals surface area contributed by atoms with Crippen LogP contribution in [0.1, 0.15) is 38.2 Å². The van der Waals surface area contributed by atoms with Crippen LogP contribution < -0.4 is 14.8 Å². The first-order valence-electron chi connectivity index (χ1n) is 7.80. The molecule has 126 valence electrons. The lowest BCUT2D eigenvalue weighted by molar-refractivity contribution is -0.157. The van der Waals surface area contributed by atoms with E-state index in [-0.39, 0.29) is 12.3 Å². The van der Waals surface area contributed by atoms with E-state index in [9.17, 15) is 14.7 Å². The molecular formula is C17H23NO5. The third kappa shape index (κ3) is 3.94. The molecule has 0 radical (unpaired) electrons. The van der Waals surface area contributed by atoms with E-state index in [1.54, 1.807) is 13.2 Å². The molecule has 1 aromatic rings. The third-order valence-corrected chi connectivity index (χ3v) is 4.28. The van der Waals surface area contributed by atoms with Gasteiger partial charge in [0.2, 0.25) is 5.91 Å². The predicted octanol–water partition coefficient (Wildman–Crippen LogP) is 2.36. The first kappa shape index (κ1) is 17.1. The van der Waals surface area contributed by atoms with Crippen LogP contribution in [0.25, 0.3) is 0 Å². The number of rotatable bonds is 8. The number of carboxylic acids is 1. The maximum Gasteiger partial charge on any atom is 0.310 e. The van der Waals surface area contributed by atoms with Gasteiger partial charge in [-0.15, -0.1) is 0 Å². The highest BCUT2D eigenvalue weighted by molar-refractivity contribution is 5.85. The number of ether oxygens (including phenoxy) is 2. The van der Waals surface area contributed by atoms with Crippen molar-refractivity contribution in [2.75, 3.05) is 13.7 Å². The van der Waals surface area contributed by atoms with Crippen molar-refractivity contribution in [3.63, 3.8) is 0 Å². The molecule has 1 aliphatic rings. The van der Waals surface area contributed by atoms with Crippen LogP contribution in [-0.4, -0.2) is 30.7 Å². The summed E-state index contributed by atoms with van der Waals surface area (Å²) in [6.07, 6.45) is 2.06. The Bertz CT molecular complexity index is 580. The van der Waals surface area contributed by atoms with E-state index in [0.29, 0.717) is 37.5 Å². The van der Waals surface area contributed by atoms with Gasteiger partial charge in [-0.25, -0.2) is 0 Å². The Morgan fingerprint density at radius 2 is 2.04 bits per heavy atom. The number of hydrogen-bond acceptors (Lipinski definition) is 4. The number of benzene rings is 1. The van der Waals surface area contributed by atoms with Gasteiger partial charge >= 0.3 is 5.97 Å². The molecule has 0 saturated heterocycles. The molecular weight excluding hydrogens is 298 g/mol. The SMILES string of the molecule is CCOc1ccc(CNC(=O)CC2(C(=O)O)CCC2)cc1OC. The molecule has 1 fully saturated rings. The predicted molar refractivity (Wildman–Crippen MR) is 84.5 cm³/mol. The lowest BCUT2D eigenvalue weighted by Crippen LogP contribution is -2.42. The summed E-state index contributed by atoms with van der Waals surface area (Å²) in [4.78, 5) is 23.3. The van der Waals surface area contributed by atoms with Crippen molar-refractivity contribution in [1.82, 2.24) is 5.32 Å². The topological polar surface area (TPSA) is 84.9 Å². The van der Waals surface area contributed by atoms with Crippen LogP contribution in [0, 0.1) is 5.41 Å². The second-order valence-corrected chi connectivity index (χ2v) is 5.81. The Morgan fingerprint density at radius 1 is 1.30 bits per heavy atom. The highest BCUT2D eigenvalue weighted by atomic mass is 16.5. The van der Waals surface area contributed by atoms with Crippen molar-refractivity contribution in [1.29, 1.82) is 0 Å². The minimum Gasteiger partial charge on any atom is -0.493 e. The zero-order valence-electron chi connectivity index (χ0n) is 13.6. The van der Waals surface area contributed by atoms with Gasteiger partial charge in [-0.1, -0.05) is 12.5 Å². The van der Waals surface area contributed by atoms with Gasteiger partial charge in [0.25, 0.3) is 0 Å². The Morgan fingerprint density at radius 3 is 2.57 bits per heavy atom. The number of carbonyl (C=O) groups is 2. The highest BCUT2D eigenvalue weighted by Gasteiger charge is 2.45. The lowest BCUT2D eigenvalue weighted by atomic mass is 9.66. The number of carbonyl (C=O) groups excluding carboxylic acids is 1. The molecule has 0 aromatic heterocycles. The molecule has 0 spiro atoms. The molecule has 6 heteroatoms. The normalized spacial score (nSPS) is 15.4. The molecule has 1 aromatic carbocycles. The minimum atomic E-state index is -0.873. The van der Waals surface area contributed by atoms with Crippen LogP contribution in [0.15, 0.2) is 18.2 Å². The van der Waals surface area contributed by atoms with Gasteiger partial charge < -0.3 is 19.9 Å². The van der Waals surface area contributed by atoms with Crippen LogP contribution >= 0.6 is 0 Å². The summed E-state index contributed by atoms with van der Waals surface area (Å²) in [5.41, 5.74) is 0.0114. The Hall–Kier alpha value is -2.24. The average molecular weight is 321 g/mol. The molecule has 0 unspecified atom stereocenters. The summed E-state index contributed by atoms with van der Waals surface area (Å²) in [6.45, 7) is 2.77. The summed E-state index contributed by atoms with van der Waals surface area (Å²) in [5, 5.41) is 12.0. The monoisotopic (exact) mass is 321 g/mol. The Labute approximate surface area is 135 Å². The fraction of sp³-hybridized carbons (Fsp3) is 0.529. The summed E-state index contributed by atoms with van der Waals surface area (Å²) in [7, 11) is 1.56. The second-order valence-electron chi connectivity index (χ2n) is 5.81. The summed E-state index contributed by atoms with van der Waals surface area (Å²) in [6, 6.07) is 5.46. The van der Waals surface area contributed by atoms with Gasteiger partial charge in [-0.3, -0.25) is 9.59 Å². The van der Waals surface area contributed by atoms with Gasteiger partial charge in [0.15, 0.2) is 11.5 Å². The molecule has 1 amide bonds. The highest BCUT2D eigenvalue weighted by Crippen LogP contribution is 2.44. The quantitative estimate of drug-likeness (QED) is 0.768. The fourth-order valence-corrected chi connectivity index (χ4v) is 2.74. The molecule has 1 saturated carbocycles. The van der Waals surface area contributed by atoms with E-state index in [1.807, 2.05) is 19.1 Å². The number of methoxy groups -OCH3 is 1. The maximum absolute atomic E-state index is 12.0. The second kappa shape index (κ2) is 7.35. The first-order chi connectivity index (χ1) is 11.0. The van der Waals surface area contributed by atoms with Gasteiger partial charge in [-0.05, 0) is 37.5 Å². The molecule has 0 atom stereocenters. The van der Waals surface area contributed by atoms with Crippen molar-refractivity contribution >= 4 is 11.9 Å². The number of hydrogen-bond donors (Lipinski definition) is 2. The van der Waals surface area contributed by atoms with Crippen molar-refractivity contribution in [2.45, 2.75) is 39.2 Å². The Balaban J connectivity index is 1.92. The van der Waals surface area contributed by atoms with Crippen molar-refractivity contribution < 1.29 is 24.2 Å². The van der Waals surface area contributed by atoms with Gasteiger partial charge in [0.05, 0.1) is 19.1 Å². The van der Waals surface area contributed by atoms with Crippen LogP contribution in [0.4, 0.5) is 0 Å². The smallest absolute Gasteiger partial charge is 0.310 e. The summed E-state index contributed by atoms with van der Waals surface area (Å²) >= 11 is 0. The summed E-state index contributed by atoms with van der Waals surface area (Å²) in [5.74, 6) is 0.158. The van der Waals surface area contributed by atoms with E-state index in [1.165, 1.54) is 0 Å². The fourth-order valence-electron chi connectivity index (χ4n) is 2.74. The van der Waals surface area contributed by atoms with Gasteiger partial charge in [0, 0.05) is 13.0 Å². The Kier molecular flexibility index (Phi) is 5.47. The molecule has 6 nitrogen and oxygen atoms in total. The van der Waals surface area contributed by atoms with E-state index < -0.39 is 11.4 Å². The molecule has 23 heavy (non-hydrogen) atoms. The lowest BCUT2D eigenvalue weighted by Gasteiger charge is -2.36. The first-order valence-corrected chi connectivity index (χ1v) is 7.80. The van der Waals surface area contributed by atoms with Crippen LogP contribution in [-0.2, 0) is 16.1 Å².